The van der Waals surface area contributed by atoms with Crippen molar-refractivity contribution in [3.05, 3.63) is 58.7 Å². The number of aromatic nitrogens is 3. The summed E-state index contributed by atoms with van der Waals surface area (Å²) < 4.78 is 5.46. The van der Waals surface area contributed by atoms with Crippen LogP contribution in [0.15, 0.2) is 30.3 Å². The Morgan fingerprint density at radius 3 is 2.68 bits per heavy atom. The number of rotatable bonds is 8. The minimum atomic E-state index is -0.121. The lowest BCUT2D eigenvalue weighted by molar-refractivity contribution is 0.0710. The van der Waals surface area contributed by atoms with Crippen LogP contribution in [0.4, 0.5) is 0 Å². The molecule has 0 atom stereocenters. The first-order valence-electron chi connectivity index (χ1n) is 12.1. The third-order valence-corrected chi connectivity index (χ3v) is 6.21. The molecule has 0 radical (unpaired) electrons. The number of aryl methyl sites for hydroxylation is 2. The Kier molecular flexibility index (Phi) is 7.57. The standard InChI is InChI=1S/C26H33N5O3/c1-4-14-34-15-11-27-25(32)21-7-5-17(2)28-24(21)19-9-12-31(13-10-19)26(33)20-6-8-22-23(16-20)30-18(3)29-22/h5-8,16,19H,4,9-15H2,1-3H3,(H,27,32)(H,29,30). The van der Waals surface area contributed by atoms with E-state index in [1.165, 1.54) is 0 Å². The quantitative estimate of drug-likeness (QED) is 0.496. The first kappa shape index (κ1) is 23.9. The molecule has 1 aromatic carbocycles. The Bertz CT molecular complexity index is 1160. The van der Waals surface area contributed by atoms with Gasteiger partial charge in [0.15, 0.2) is 0 Å². The largest absolute Gasteiger partial charge is 0.380 e. The second-order valence-corrected chi connectivity index (χ2v) is 8.87. The predicted octanol–water partition coefficient (Wildman–Crippen LogP) is 3.75. The maximum Gasteiger partial charge on any atom is 0.253 e. The number of ether oxygens (including phenoxy) is 1. The molecule has 180 valence electrons. The lowest BCUT2D eigenvalue weighted by atomic mass is 9.89. The van der Waals surface area contributed by atoms with Crippen LogP contribution < -0.4 is 5.32 Å². The highest BCUT2D eigenvalue weighted by Crippen LogP contribution is 2.30. The SMILES string of the molecule is CCCOCCNC(=O)c1ccc(C)nc1C1CCN(C(=O)c2ccc3nc(C)[nH]c3c2)CC1. The minimum absolute atomic E-state index is 0.0230. The molecule has 1 saturated heterocycles. The maximum absolute atomic E-state index is 13.1. The number of hydrogen-bond donors (Lipinski definition) is 2. The van der Waals surface area contributed by atoms with Gasteiger partial charge >= 0.3 is 0 Å². The Morgan fingerprint density at radius 2 is 1.91 bits per heavy atom. The monoisotopic (exact) mass is 463 g/mol. The number of aromatic amines is 1. The molecule has 3 aromatic rings. The molecule has 0 unspecified atom stereocenters. The van der Waals surface area contributed by atoms with Crippen molar-refractivity contribution in [1.82, 2.24) is 25.2 Å². The number of nitrogens with one attached hydrogen (secondary N) is 2. The van der Waals surface area contributed by atoms with Gasteiger partial charge in [-0.3, -0.25) is 14.6 Å². The van der Waals surface area contributed by atoms with E-state index in [1.807, 2.05) is 49.1 Å². The third kappa shape index (κ3) is 5.44. The average molecular weight is 464 g/mol. The molecule has 0 aliphatic carbocycles. The summed E-state index contributed by atoms with van der Waals surface area (Å²) >= 11 is 0. The first-order valence-corrected chi connectivity index (χ1v) is 12.1. The zero-order valence-corrected chi connectivity index (χ0v) is 20.2. The van der Waals surface area contributed by atoms with Gasteiger partial charge < -0.3 is 19.9 Å². The van der Waals surface area contributed by atoms with Gasteiger partial charge in [-0.1, -0.05) is 6.92 Å². The van der Waals surface area contributed by atoms with Gasteiger partial charge in [-0.05, 0) is 63.4 Å². The second-order valence-electron chi connectivity index (χ2n) is 8.87. The average Bonchev–Trinajstić information content (AvgIpc) is 3.22. The number of piperidine rings is 1. The molecule has 2 amide bonds. The van der Waals surface area contributed by atoms with Crippen LogP contribution in [0.2, 0.25) is 0 Å². The van der Waals surface area contributed by atoms with E-state index < -0.39 is 0 Å². The normalized spacial score (nSPS) is 14.5. The summed E-state index contributed by atoms with van der Waals surface area (Å²) in [5.41, 5.74) is 4.73. The molecule has 8 nitrogen and oxygen atoms in total. The molecule has 0 saturated carbocycles. The summed E-state index contributed by atoms with van der Waals surface area (Å²) in [4.78, 5) is 40.2. The minimum Gasteiger partial charge on any atom is -0.380 e. The number of carbonyl (C=O) groups is 2. The smallest absolute Gasteiger partial charge is 0.253 e. The molecule has 8 heteroatoms. The van der Waals surface area contributed by atoms with Gasteiger partial charge in [-0.25, -0.2) is 4.98 Å². The first-order chi connectivity index (χ1) is 16.5. The molecular weight excluding hydrogens is 430 g/mol. The lowest BCUT2D eigenvalue weighted by Gasteiger charge is -2.32. The Hall–Kier alpha value is -3.26. The van der Waals surface area contributed by atoms with E-state index in [4.69, 9.17) is 9.72 Å². The van der Waals surface area contributed by atoms with Gasteiger partial charge in [0.1, 0.15) is 5.82 Å². The van der Waals surface area contributed by atoms with Crippen LogP contribution >= 0.6 is 0 Å². The van der Waals surface area contributed by atoms with Gasteiger partial charge in [0.05, 0.1) is 28.9 Å². The highest BCUT2D eigenvalue weighted by atomic mass is 16.5. The number of benzene rings is 1. The summed E-state index contributed by atoms with van der Waals surface area (Å²) in [6.07, 6.45) is 2.50. The summed E-state index contributed by atoms with van der Waals surface area (Å²) in [5, 5.41) is 2.95. The summed E-state index contributed by atoms with van der Waals surface area (Å²) in [6, 6.07) is 9.33. The molecule has 4 rings (SSSR count). The van der Waals surface area contributed by atoms with Crippen molar-refractivity contribution in [2.45, 2.75) is 46.0 Å². The van der Waals surface area contributed by atoms with E-state index in [0.717, 1.165) is 47.5 Å². The van der Waals surface area contributed by atoms with Crippen molar-refractivity contribution >= 4 is 22.8 Å². The van der Waals surface area contributed by atoms with Crippen LogP contribution in [0.1, 0.15) is 70.0 Å². The number of fused-ring (bicyclic) bond motifs is 1. The summed E-state index contributed by atoms with van der Waals surface area (Å²) in [6.45, 7) is 8.82. The predicted molar refractivity (Wildman–Crippen MR) is 131 cm³/mol. The zero-order chi connectivity index (χ0) is 24.1. The topological polar surface area (TPSA) is 100 Å². The fourth-order valence-corrected chi connectivity index (χ4v) is 4.47. The van der Waals surface area contributed by atoms with Crippen LogP contribution in [0.5, 0.6) is 0 Å². The highest BCUT2D eigenvalue weighted by molar-refractivity contribution is 5.97. The zero-order valence-electron chi connectivity index (χ0n) is 20.2. The van der Waals surface area contributed by atoms with E-state index in [-0.39, 0.29) is 17.7 Å². The number of pyridine rings is 1. The molecule has 2 aromatic heterocycles. The van der Waals surface area contributed by atoms with Crippen molar-refractivity contribution < 1.29 is 14.3 Å². The number of amides is 2. The van der Waals surface area contributed by atoms with Gasteiger partial charge in [0, 0.05) is 43.4 Å². The third-order valence-electron chi connectivity index (χ3n) is 6.21. The Balaban J connectivity index is 1.40. The van der Waals surface area contributed by atoms with Gasteiger partial charge in [-0.2, -0.15) is 0 Å². The van der Waals surface area contributed by atoms with E-state index in [1.54, 1.807) is 0 Å². The second kappa shape index (κ2) is 10.8. The lowest BCUT2D eigenvalue weighted by Crippen LogP contribution is -2.38. The molecule has 2 N–H and O–H groups in total. The number of nitrogens with zero attached hydrogens (tertiary/aromatic N) is 3. The van der Waals surface area contributed by atoms with Crippen molar-refractivity contribution in [2.24, 2.45) is 0 Å². The summed E-state index contributed by atoms with van der Waals surface area (Å²) in [7, 11) is 0. The number of H-pyrrole nitrogens is 1. The number of likely N-dealkylation sites (tertiary alicyclic amines) is 1. The molecule has 1 aliphatic rings. The fraction of sp³-hybridized carbons (Fsp3) is 0.462. The molecule has 1 aliphatic heterocycles. The van der Waals surface area contributed by atoms with Crippen molar-refractivity contribution in [1.29, 1.82) is 0 Å². The number of carbonyl (C=O) groups excluding carboxylic acids is 2. The van der Waals surface area contributed by atoms with Gasteiger partial charge in [0.25, 0.3) is 11.8 Å². The van der Waals surface area contributed by atoms with Crippen LogP contribution in [0.3, 0.4) is 0 Å². The van der Waals surface area contributed by atoms with Crippen LogP contribution in [-0.2, 0) is 4.74 Å². The number of hydrogen-bond acceptors (Lipinski definition) is 5. The number of imidazole rings is 1. The Labute approximate surface area is 200 Å². The molecule has 3 heterocycles. The summed E-state index contributed by atoms with van der Waals surface area (Å²) in [5.74, 6) is 0.872. The van der Waals surface area contributed by atoms with E-state index in [9.17, 15) is 9.59 Å². The van der Waals surface area contributed by atoms with Crippen molar-refractivity contribution in [3.8, 4) is 0 Å². The van der Waals surface area contributed by atoms with Crippen LogP contribution in [0, 0.1) is 13.8 Å². The molecular formula is C26H33N5O3. The van der Waals surface area contributed by atoms with Crippen molar-refractivity contribution in [2.75, 3.05) is 32.8 Å². The van der Waals surface area contributed by atoms with E-state index in [0.29, 0.717) is 44.0 Å². The Morgan fingerprint density at radius 1 is 1.12 bits per heavy atom. The highest BCUT2D eigenvalue weighted by Gasteiger charge is 2.28. The molecule has 34 heavy (non-hydrogen) atoms. The van der Waals surface area contributed by atoms with Crippen LogP contribution in [0.25, 0.3) is 11.0 Å². The van der Waals surface area contributed by atoms with Crippen LogP contribution in [-0.4, -0.2) is 64.5 Å². The van der Waals surface area contributed by atoms with Crippen molar-refractivity contribution in [3.63, 3.8) is 0 Å². The van der Waals surface area contributed by atoms with E-state index in [2.05, 4.69) is 22.2 Å². The maximum atomic E-state index is 13.1. The van der Waals surface area contributed by atoms with E-state index >= 15 is 0 Å². The molecule has 0 spiro atoms. The fourth-order valence-electron chi connectivity index (χ4n) is 4.47. The van der Waals surface area contributed by atoms with Gasteiger partial charge in [-0.15, -0.1) is 0 Å². The molecule has 1 fully saturated rings. The van der Waals surface area contributed by atoms with Gasteiger partial charge in [0.2, 0.25) is 0 Å². The molecule has 0 bridgehead atoms.